The van der Waals surface area contributed by atoms with E-state index in [9.17, 15) is 8.78 Å². The summed E-state index contributed by atoms with van der Waals surface area (Å²) in [6.45, 7) is 0. The van der Waals surface area contributed by atoms with Gasteiger partial charge in [-0.2, -0.15) is 0 Å². The maximum absolute atomic E-state index is 14.0. The first-order valence-electron chi connectivity index (χ1n) is 7.80. The Morgan fingerprint density at radius 3 is 2.27 bits per heavy atom. The molecule has 0 aliphatic carbocycles. The second-order valence-corrected chi connectivity index (χ2v) is 6.75. The first-order valence-corrected chi connectivity index (χ1v) is 9.05. The van der Waals surface area contributed by atoms with Gasteiger partial charge >= 0.3 is 0 Å². The lowest BCUT2D eigenvalue weighted by Crippen LogP contribution is -1.96. The first kappa shape index (κ1) is 18.4. The number of para-hydroxylation sites is 1. The average molecular weight is 386 g/mol. The van der Waals surface area contributed by atoms with Gasteiger partial charge in [0, 0.05) is 15.5 Å². The Morgan fingerprint density at radius 2 is 1.58 bits per heavy atom. The predicted octanol–water partition coefficient (Wildman–Crippen LogP) is 7.05. The topological polar surface area (TPSA) is 12.4 Å². The molecule has 0 saturated heterocycles. The molecule has 0 atom stereocenters. The van der Waals surface area contributed by atoms with Crippen molar-refractivity contribution in [2.24, 2.45) is 4.99 Å². The third-order valence-electron chi connectivity index (χ3n) is 3.48. The molecule has 0 N–H and O–H groups in total. The Bertz CT molecular complexity index is 935. The predicted molar refractivity (Wildman–Crippen MR) is 105 cm³/mol. The number of hydrogen-bond acceptors (Lipinski definition) is 2. The van der Waals surface area contributed by atoms with Gasteiger partial charge in [0.15, 0.2) is 0 Å². The summed E-state index contributed by atoms with van der Waals surface area (Å²) >= 11 is 7.37. The maximum Gasteiger partial charge on any atom is 0.148 e. The van der Waals surface area contributed by atoms with Crippen LogP contribution in [0.3, 0.4) is 0 Å². The van der Waals surface area contributed by atoms with Crippen LogP contribution >= 0.6 is 23.4 Å². The smallest absolute Gasteiger partial charge is 0.148 e. The quantitative estimate of drug-likeness (QED) is 0.338. The number of rotatable bonds is 5. The van der Waals surface area contributed by atoms with Crippen LogP contribution in [0, 0.1) is 11.6 Å². The molecule has 130 valence electrons. The van der Waals surface area contributed by atoms with Crippen LogP contribution in [0.15, 0.2) is 94.2 Å². The molecule has 1 nitrogen and oxygen atoms in total. The molecule has 0 aliphatic rings. The summed E-state index contributed by atoms with van der Waals surface area (Å²) in [7, 11) is 0. The van der Waals surface area contributed by atoms with Crippen molar-refractivity contribution in [3.8, 4) is 0 Å². The zero-order chi connectivity index (χ0) is 18.4. The van der Waals surface area contributed by atoms with Crippen LogP contribution in [-0.2, 0) is 0 Å². The molecule has 26 heavy (non-hydrogen) atoms. The van der Waals surface area contributed by atoms with Crippen molar-refractivity contribution >= 4 is 34.8 Å². The molecule has 0 unspecified atom stereocenters. The number of benzene rings is 3. The molecule has 3 aromatic rings. The minimum absolute atomic E-state index is 0.258. The highest BCUT2D eigenvalue weighted by Gasteiger charge is 2.04. The summed E-state index contributed by atoms with van der Waals surface area (Å²) in [5, 5.41) is 2.45. The van der Waals surface area contributed by atoms with Crippen LogP contribution in [-0.4, -0.2) is 5.71 Å². The van der Waals surface area contributed by atoms with Gasteiger partial charge in [-0.15, -0.1) is 0 Å². The fourth-order valence-electron chi connectivity index (χ4n) is 2.18. The molecule has 0 bridgehead atoms. The van der Waals surface area contributed by atoms with E-state index >= 15 is 0 Å². The summed E-state index contributed by atoms with van der Waals surface area (Å²) in [6, 6.07) is 19.7. The van der Waals surface area contributed by atoms with E-state index in [1.807, 2.05) is 17.5 Å². The molecule has 3 aromatic carbocycles. The fourth-order valence-corrected chi connectivity index (χ4v) is 2.95. The van der Waals surface area contributed by atoms with Gasteiger partial charge in [-0.05, 0) is 60.0 Å². The van der Waals surface area contributed by atoms with E-state index in [1.165, 1.54) is 30.0 Å². The molecule has 0 aliphatic heterocycles. The van der Waals surface area contributed by atoms with Gasteiger partial charge in [0.2, 0.25) is 0 Å². The second kappa shape index (κ2) is 8.79. The normalized spacial score (nSPS) is 11.9. The fraction of sp³-hybridized carbons (Fsp3) is 0. The van der Waals surface area contributed by atoms with E-state index in [4.69, 9.17) is 11.6 Å². The molecule has 0 fully saturated rings. The standard InChI is InChI=1S/C21H14ClF2NS/c22-16-7-5-15(6-8-16)20(25-21-4-2-1-3-19(21)24)13-14-26-18-11-9-17(23)10-12-18/h1-14H/b14-13+,25-20-. The van der Waals surface area contributed by atoms with E-state index in [1.54, 1.807) is 48.5 Å². The minimum atomic E-state index is -0.390. The summed E-state index contributed by atoms with van der Waals surface area (Å²) < 4.78 is 26.9. The van der Waals surface area contributed by atoms with Crippen LogP contribution in [0.1, 0.15) is 5.56 Å². The molecular formula is C21H14ClF2NS. The Balaban J connectivity index is 1.90. The molecule has 0 aromatic heterocycles. The van der Waals surface area contributed by atoms with Crippen LogP contribution in [0.5, 0.6) is 0 Å². The van der Waals surface area contributed by atoms with E-state index in [0.29, 0.717) is 10.7 Å². The molecule has 0 radical (unpaired) electrons. The van der Waals surface area contributed by atoms with Crippen molar-refractivity contribution in [2.45, 2.75) is 4.90 Å². The van der Waals surface area contributed by atoms with Crippen LogP contribution < -0.4 is 0 Å². The summed E-state index contributed by atoms with van der Waals surface area (Å²) in [4.78, 5) is 5.33. The van der Waals surface area contributed by atoms with E-state index in [0.717, 1.165) is 10.5 Å². The Morgan fingerprint density at radius 1 is 0.885 bits per heavy atom. The molecule has 0 amide bonds. The zero-order valence-corrected chi connectivity index (χ0v) is 15.1. The lowest BCUT2D eigenvalue weighted by Gasteiger charge is -2.04. The van der Waals surface area contributed by atoms with Gasteiger partial charge in [0.1, 0.15) is 11.6 Å². The molecule has 0 heterocycles. The number of halogens is 3. The SMILES string of the molecule is Fc1ccc(S/C=C/C(=N/c2ccccc2F)c2ccc(Cl)cc2)cc1. The van der Waals surface area contributed by atoms with Gasteiger partial charge in [0.05, 0.1) is 11.4 Å². The van der Waals surface area contributed by atoms with Crippen molar-refractivity contribution in [3.63, 3.8) is 0 Å². The van der Waals surface area contributed by atoms with Crippen LogP contribution in [0.4, 0.5) is 14.5 Å². The summed E-state index contributed by atoms with van der Waals surface area (Å²) in [5.74, 6) is -0.667. The summed E-state index contributed by atoms with van der Waals surface area (Å²) in [5.41, 5.74) is 1.67. The number of aliphatic imine (C=N–C) groups is 1. The number of thioether (sulfide) groups is 1. The second-order valence-electron chi connectivity index (χ2n) is 5.33. The van der Waals surface area contributed by atoms with Crippen molar-refractivity contribution in [1.29, 1.82) is 0 Å². The van der Waals surface area contributed by atoms with Crippen molar-refractivity contribution in [3.05, 3.63) is 107 Å². The molecule has 0 spiro atoms. The molecular weight excluding hydrogens is 372 g/mol. The van der Waals surface area contributed by atoms with Crippen molar-refractivity contribution in [2.75, 3.05) is 0 Å². The maximum atomic E-state index is 14.0. The largest absolute Gasteiger partial charge is 0.245 e. The van der Waals surface area contributed by atoms with Crippen molar-refractivity contribution < 1.29 is 8.78 Å². The third kappa shape index (κ3) is 5.04. The van der Waals surface area contributed by atoms with Crippen LogP contribution in [0.25, 0.3) is 0 Å². The minimum Gasteiger partial charge on any atom is -0.245 e. The van der Waals surface area contributed by atoms with Gasteiger partial charge in [-0.3, -0.25) is 0 Å². The Kier molecular flexibility index (Phi) is 6.21. The lowest BCUT2D eigenvalue weighted by molar-refractivity contribution is 0.626. The highest BCUT2D eigenvalue weighted by molar-refractivity contribution is 8.02. The monoisotopic (exact) mass is 385 g/mol. The zero-order valence-electron chi connectivity index (χ0n) is 13.6. The molecule has 3 rings (SSSR count). The van der Waals surface area contributed by atoms with E-state index in [2.05, 4.69) is 4.99 Å². The first-order chi connectivity index (χ1) is 12.6. The Hall–Kier alpha value is -2.43. The molecule has 0 saturated carbocycles. The Labute approximate surface area is 160 Å². The van der Waals surface area contributed by atoms with E-state index < -0.39 is 5.82 Å². The number of hydrogen-bond donors (Lipinski definition) is 0. The van der Waals surface area contributed by atoms with Crippen LogP contribution in [0.2, 0.25) is 5.02 Å². The molecule has 5 heteroatoms. The summed E-state index contributed by atoms with van der Waals surface area (Å²) in [6.07, 6.45) is 1.80. The third-order valence-corrected chi connectivity index (χ3v) is 4.55. The highest BCUT2D eigenvalue weighted by Crippen LogP contribution is 2.22. The highest BCUT2D eigenvalue weighted by atomic mass is 35.5. The van der Waals surface area contributed by atoms with Gasteiger partial charge < -0.3 is 0 Å². The van der Waals surface area contributed by atoms with Gasteiger partial charge in [0.25, 0.3) is 0 Å². The number of allylic oxidation sites excluding steroid dienone is 1. The van der Waals surface area contributed by atoms with Gasteiger partial charge in [-0.25, -0.2) is 13.8 Å². The van der Waals surface area contributed by atoms with Gasteiger partial charge in [-0.1, -0.05) is 47.6 Å². The lowest BCUT2D eigenvalue weighted by atomic mass is 10.1. The van der Waals surface area contributed by atoms with Crippen molar-refractivity contribution in [1.82, 2.24) is 0 Å². The average Bonchev–Trinajstić information content (AvgIpc) is 2.65. The van der Waals surface area contributed by atoms with E-state index in [-0.39, 0.29) is 11.5 Å². The number of nitrogens with zero attached hydrogens (tertiary/aromatic N) is 1.